The molecule has 2 heterocycles. The normalized spacial score (nSPS) is 13.5. The van der Waals surface area contributed by atoms with Gasteiger partial charge in [0.25, 0.3) is 5.56 Å². The van der Waals surface area contributed by atoms with Crippen LogP contribution in [0.2, 0.25) is 5.02 Å². The highest BCUT2D eigenvalue weighted by atomic mass is 35.5. The number of thioether (sulfide) groups is 1. The number of carbonyl (C=O) groups is 1. The summed E-state index contributed by atoms with van der Waals surface area (Å²) in [5, 5.41) is 4.81. The molecule has 0 saturated carbocycles. The fourth-order valence-electron chi connectivity index (χ4n) is 3.99. The Balaban J connectivity index is 1.58. The second-order valence-corrected chi connectivity index (χ2v) is 10.0. The van der Waals surface area contributed by atoms with E-state index >= 15 is 0 Å². The van der Waals surface area contributed by atoms with Gasteiger partial charge < -0.3 is 5.32 Å². The fourth-order valence-corrected chi connectivity index (χ4v) is 6.52. The van der Waals surface area contributed by atoms with Crippen LogP contribution in [0.4, 0.5) is 5.69 Å². The lowest BCUT2D eigenvalue weighted by Gasteiger charge is -2.13. The average molecular weight is 462 g/mol. The molecule has 0 aliphatic heterocycles. The molecule has 0 bridgehead atoms. The summed E-state index contributed by atoms with van der Waals surface area (Å²) in [6.45, 7) is 6.35. The van der Waals surface area contributed by atoms with Crippen molar-refractivity contribution in [3.8, 4) is 0 Å². The SMILES string of the molecule is CCn1c(SCC(=O)Nc2c(C)cc(C)cc2Cl)nc2sc3c(c2c1=O)CCCC3. The van der Waals surface area contributed by atoms with Gasteiger partial charge in [-0.05, 0) is 69.2 Å². The summed E-state index contributed by atoms with van der Waals surface area (Å²) in [5.74, 6) is -0.0107. The molecule has 0 radical (unpaired) electrons. The number of aromatic nitrogens is 2. The van der Waals surface area contributed by atoms with Crippen molar-refractivity contribution in [1.82, 2.24) is 9.55 Å². The monoisotopic (exact) mass is 461 g/mol. The van der Waals surface area contributed by atoms with Crippen molar-refractivity contribution in [2.45, 2.75) is 58.2 Å². The number of anilines is 1. The molecule has 1 aromatic carbocycles. The van der Waals surface area contributed by atoms with Crippen molar-refractivity contribution in [3.05, 3.63) is 49.1 Å². The molecule has 1 N–H and O–H groups in total. The highest BCUT2D eigenvalue weighted by Crippen LogP contribution is 2.35. The largest absolute Gasteiger partial charge is 0.324 e. The van der Waals surface area contributed by atoms with Crippen molar-refractivity contribution in [2.75, 3.05) is 11.1 Å². The summed E-state index contributed by atoms with van der Waals surface area (Å²) in [6.07, 6.45) is 4.29. The molecule has 0 spiro atoms. The van der Waals surface area contributed by atoms with Gasteiger partial charge in [0.15, 0.2) is 5.16 Å². The molecule has 2 aromatic heterocycles. The Morgan fingerprint density at radius 1 is 1.30 bits per heavy atom. The zero-order valence-electron chi connectivity index (χ0n) is 17.3. The van der Waals surface area contributed by atoms with E-state index in [9.17, 15) is 9.59 Å². The van der Waals surface area contributed by atoms with Crippen molar-refractivity contribution >= 4 is 56.5 Å². The number of hydrogen-bond donors (Lipinski definition) is 1. The van der Waals surface area contributed by atoms with Crippen molar-refractivity contribution in [2.24, 2.45) is 0 Å². The quantitative estimate of drug-likeness (QED) is 0.410. The second-order valence-electron chi connectivity index (χ2n) is 7.61. The molecule has 158 valence electrons. The number of rotatable bonds is 5. The van der Waals surface area contributed by atoms with E-state index in [2.05, 4.69) is 5.32 Å². The van der Waals surface area contributed by atoms with Gasteiger partial charge in [-0.1, -0.05) is 29.4 Å². The Hall–Kier alpha value is -1.83. The van der Waals surface area contributed by atoms with Crippen LogP contribution in [0.25, 0.3) is 10.2 Å². The van der Waals surface area contributed by atoms with Crippen LogP contribution in [0.15, 0.2) is 22.1 Å². The number of thiophene rings is 1. The molecular weight excluding hydrogens is 438 g/mol. The Morgan fingerprint density at radius 3 is 2.80 bits per heavy atom. The highest BCUT2D eigenvalue weighted by Gasteiger charge is 2.22. The average Bonchev–Trinajstić information content (AvgIpc) is 3.07. The molecular formula is C22H24ClN3O2S2. The fraction of sp³-hybridized carbons (Fsp3) is 0.409. The van der Waals surface area contributed by atoms with Gasteiger partial charge in [0.05, 0.1) is 21.8 Å². The first-order valence-corrected chi connectivity index (χ1v) is 12.3. The summed E-state index contributed by atoms with van der Waals surface area (Å²) < 4.78 is 1.69. The number of halogens is 1. The topological polar surface area (TPSA) is 64.0 Å². The van der Waals surface area contributed by atoms with Gasteiger partial charge in [0.1, 0.15) is 4.83 Å². The second kappa shape index (κ2) is 8.73. The maximum absolute atomic E-state index is 13.2. The van der Waals surface area contributed by atoms with Crippen LogP contribution in [0.1, 0.15) is 41.3 Å². The Morgan fingerprint density at radius 2 is 2.07 bits per heavy atom. The Labute approximate surface area is 188 Å². The van der Waals surface area contributed by atoms with E-state index in [1.807, 2.05) is 32.9 Å². The summed E-state index contributed by atoms with van der Waals surface area (Å²) in [6, 6.07) is 3.82. The maximum Gasteiger partial charge on any atom is 0.263 e. The number of hydrogen-bond acceptors (Lipinski definition) is 5. The molecule has 1 amide bonds. The van der Waals surface area contributed by atoms with Crippen LogP contribution in [0.5, 0.6) is 0 Å². The third-order valence-electron chi connectivity index (χ3n) is 5.38. The third-order valence-corrected chi connectivity index (χ3v) is 7.84. The van der Waals surface area contributed by atoms with E-state index in [-0.39, 0.29) is 17.2 Å². The van der Waals surface area contributed by atoms with Crippen molar-refractivity contribution in [3.63, 3.8) is 0 Å². The number of nitrogens with zero attached hydrogens (tertiary/aromatic N) is 2. The van der Waals surface area contributed by atoms with Gasteiger partial charge in [-0.3, -0.25) is 14.2 Å². The molecule has 3 aromatic rings. The summed E-state index contributed by atoms with van der Waals surface area (Å²) in [4.78, 5) is 32.6. The van der Waals surface area contributed by atoms with E-state index in [1.165, 1.54) is 28.6 Å². The van der Waals surface area contributed by atoms with Gasteiger partial charge in [-0.25, -0.2) is 4.98 Å². The summed E-state index contributed by atoms with van der Waals surface area (Å²) >= 11 is 9.23. The molecule has 0 fully saturated rings. The van der Waals surface area contributed by atoms with E-state index in [0.717, 1.165) is 40.6 Å². The first-order chi connectivity index (χ1) is 14.4. The first kappa shape index (κ1) is 21.4. The van der Waals surface area contributed by atoms with E-state index < -0.39 is 0 Å². The Kier molecular flexibility index (Phi) is 6.23. The predicted molar refractivity (Wildman–Crippen MR) is 126 cm³/mol. The summed E-state index contributed by atoms with van der Waals surface area (Å²) in [5.41, 5.74) is 3.82. The number of fused-ring (bicyclic) bond motifs is 3. The lowest BCUT2D eigenvalue weighted by molar-refractivity contribution is -0.113. The minimum absolute atomic E-state index is 0.0160. The van der Waals surface area contributed by atoms with Crippen LogP contribution in [-0.2, 0) is 24.2 Å². The molecule has 4 rings (SSSR count). The van der Waals surface area contributed by atoms with Gasteiger partial charge in [-0.15, -0.1) is 11.3 Å². The minimum Gasteiger partial charge on any atom is -0.324 e. The molecule has 1 aliphatic rings. The van der Waals surface area contributed by atoms with Gasteiger partial charge in [0.2, 0.25) is 5.91 Å². The number of benzene rings is 1. The zero-order valence-corrected chi connectivity index (χ0v) is 19.7. The first-order valence-electron chi connectivity index (χ1n) is 10.1. The van der Waals surface area contributed by atoms with Crippen LogP contribution in [0, 0.1) is 13.8 Å². The third kappa shape index (κ3) is 4.03. The molecule has 1 aliphatic carbocycles. The highest BCUT2D eigenvalue weighted by molar-refractivity contribution is 7.99. The Bertz CT molecular complexity index is 1180. The number of aryl methyl sites for hydroxylation is 4. The smallest absolute Gasteiger partial charge is 0.263 e. The standard InChI is InChI=1S/C22H24ClN3O2S2/c1-4-26-21(28)18-14-7-5-6-8-16(14)30-20(18)25-22(26)29-11-17(27)24-19-13(3)9-12(2)10-15(19)23/h9-10H,4-8,11H2,1-3H3,(H,24,27). The van der Waals surface area contributed by atoms with Gasteiger partial charge in [-0.2, -0.15) is 0 Å². The minimum atomic E-state index is -0.170. The van der Waals surface area contributed by atoms with Crippen LogP contribution in [0.3, 0.4) is 0 Å². The molecule has 5 nitrogen and oxygen atoms in total. The zero-order chi connectivity index (χ0) is 21.4. The van der Waals surface area contributed by atoms with E-state index in [1.54, 1.807) is 15.9 Å². The van der Waals surface area contributed by atoms with E-state index in [4.69, 9.17) is 16.6 Å². The molecule has 0 atom stereocenters. The molecule has 30 heavy (non-hydrogen) atoms. The van der Waals surface area contributed by atoms with Crippen LogP contribution < -0.4 is 10.9 Å². The molecule has 0 saturated heterocycles. The van der Waals surface area contributed by atoms with Crippen molar-refractivity contribution in [1.29, 1.82) is 0 Å². The molecule has 8 heteroatoms. The lowest BCUT2D eigenvalue weighted by atomic mass is 9.97. The number of amides is 1. The van der Waals surface area contributed by atoms with Gasteiger partial charge in [0, 0.05) is 11.4 Å². The molecule has 0 unspecified atom stereocenters. The van der Waals surface area contributed by atoms with E-state index in [0.29, 0.717) is 22.4 Å². The van der Waals surface area contributed by atoms with Crippen LogP contribution in [-0.4, -0.2) is 21.2 Å². The number of nitrogens with one attached hydrogen (secondary N) is 1. The summed E-state index contributed by atoms with van der Waals surface area (Å²) in [7, 11) is 0. The van der Waals surface area contributed by atoms with Crippen LogP contribution >= 0.6 is 34.7 Å². The maximum atomic E-state index is 13.2. The van der Waals surface area contributed by atoms with Crippen molar-refractivity contribution < 1.29 is 4.79 Å². The lowest BCUT2D eigenvalue weighted by Crippen LogP contribution is -2.24. The van der Waals surface area contributed by atoms with Gasteiger partial charge >= 0.3 is 0 Å². The predicted octanol–water partition coefficient (Wildman–Crippen LogP) is 5.36. The number of carbonyl (C=O) groups excluding carboxylic acids is 1.